The van der Waals surface area contributed by atoms with Gasteiger partial charge in [-0.1, -0.05) is 12.1 Å². The molecule has 0 atom stereocenters. The van der Waals surface area contributed by atoms with Gasteiger partial charge in [0.15, 0.2) is 0 Å². The van der Waals surface area contributed by atoms with Crippen molar-refractivity contribution in [2.45, 2.75) is 5.54 Å². The fraction of sp³-hybridized carbons (Fsp3) is 0.444. The Hall–Kier alpha value is -1.82. The number of benzene rings is 1. The van der Waals surface area contributed by atoms with Crippen LogP contribution in [-0.4, -0.2) is 71.4 Å². The maximum atomic E-state index is 12.2. The molecule has 1 rings (SSSR count). The second-order valence-electron chi connectivity index (χ2n) is 5.84. The van der Waals surface area contributed by atoms with Crippen molar-refractivity contribution in [3.63, 3.8) is 0 Å². The molecule has 0 radical (unpaired) electrons. The Balaban J connectivity index is 2.99. The molecule has 1 aromatic carbocycles. The number of halogens is 2. The first kappa shape index (κ1) is 23.2. The van der Waals surface area contributed by atoms with Crippen LogP contribution < -0.4 is 10.2 Å². The van der Waals surface area contributed by atoms with Gasteiger partial charge in [0.2, 0.25) is 0 Å². The van der Waals surface area contributed by atoms with Crippen molar-refractivity contribution < 1.29 is 20.1 Å². The van der Waals surface area contributed by atoms with Gasteiger partial charge in [-0.3, -0.25) is 4.79 Å². The van der Waals surface area contributed by atoms with E-state index in [1.807, 2.05) is 17.0 Å². The molecule has 0 saturated carbocycles. The summed E-state index contributed by atoms with van der Waals surface area (Å²) in [6.07, 6.45) is 1.38. The van der Waals surface area contributed by atoms with Crippen LogP contribution >= 0.6 is 23.2 Å². The van der Waals surface area contributed by atoms with E-state index in [9.17, 15) is 25.4 Å². The van der Waals surface area contributed by atoms with Crippen LogP contribution in [0.15, 0.2) is 29.8 Å². The van der Waals surface area contributed by atoms with Gasteiger partial charge in [-0.2, -0.15) is 5.26 Å². The molecule has 0 aromatic heterocycles. The van der Waals surface area contributed by atoms with Crippen LogP contribution in [0.5, 0.6) is 0 Å². The average Bonchev–Trinajstić information content (AvgIpc) is 2.70. The van der Waals surface area contributed by atoms with E-state index < -0.39 is 31.3 Å². The van der Waals surface area contributed by atoms with E-state index in [0.29, 0.717) is 30.4 Å². The Bertz CT molecular complexity index is 656. The number of anilines is 1. The Morgan fingerprint density at radius 2 is 1.63 bits per heavy atom. The predicted molar refractivity (Wildman–Crippen MR) is 106 cm³/mol. The van der Waals surface area contributed by atoms with Gasteiger partial charge in [-0.15, -0.1) is 23.2 Å². The van der Waals surface area contributed by atoms with Crippen molar-refractivity contribution in [1.29, 1.82) is 5.26 Å². The highest BCUT2D eigenvalue weighted by atomic mass is 35.5. The molecule has 0 heterocycles. The number of hydrogen-bond acceptors (Lipinski definition) is 6. The fourth-order valence-corrected chi connectivity index (χ4v) is 2.66. The van der Waals surface area contributed by atoms with Crippen LogP contribution in [0.1, 0.15) is 5.56 Å². The molecule has 0 aliphatic carbocycles. The number of carbonyl (C=O) groups excluding carboxylic acids is 1. The van der Waals surface area contributed by atoms with Gasteiger partial charge in [0, 0.05) is 30.5 Å². The molecule has 4 N–H and O–H groups in total. The van der Waals surface area contributed by atoms with Gasteiger partial charge in [0.05, 0.1) is 19.8 Å². The SMILES string of the molecule is N#CC(=Cc1ccc(N(CCCl)CCCl)cc1)C(=O)NC(CO)(CO)CO. The zero-order valence-corrected chi connectivity index (χ0v) is 16.2. The summed E-state index contributed by atoms with van der Waals surface area (Å²) in [6.45, 7) is -0.732. The van der Waals surface area contributed by atoms with E-state index >= 15 is 0 Å². The number of amides is 1. The van der Waals surface area contributed by atoms with Crippen LogP contribution in [0, 0.1) is 11.3 Å². The molecule has 0 unspecified atom stereocenters. The minimum absolute atomic E-state index is 0.221. The van der Waals surface area contributed by atoms with Crippen LogP contribution in [0.2, 0.25) is 0 Å². The van der Waals surface area contributed by atoms with Gasteiger partial charge < -0.3 is 25.5 Å². The highest BCUT2D eigenvalue weighted by molar-refractivity contribution is 6.18. The van der Waals surface area contributed by atoms with E-state index in [-0.39, 0.29) is 5.57 Å². The second kappa shape index (κ2) is 11.8. The summed E-state index contributed by atoms with van der Waals surface area (Å²) >= 11 is 11.6. The molecular formula is C18H23Cl2N3O4. The van der Waals surface area contributed by atoms with E-state index in [1.165, 1.54) is 6.08 Å². The van der Waals surface area contributed by atoms with Crippen LogP contribution in [0.25, 0.3) is 6.08 Å². The third kappa shape index (κ3) is 6.69. The molecule has 0 saturated heterocycles. The Kier molecular flexibility index (Phi) is 10.1. The minimum Gasteiger partial charge on any atom is -0.394 e. The summed E-state index contributed by atoms with van der Waals surface area (Å²) < 4.78 is 0. The summed E-state index contributed by atoms with van der Waals surface area (Å²) in [7, 11) is 0. The predicted octanol–water partition coefficient (Wildman–Crippen LogP) is 0.709. The third-order valence-electron chi connectivity index (χ3n) is 3.93. The van der Waals surface area contributed by atoms with E-state index in [4.69, 9.17) is 23.2 Å². The number of nitrogens with zero attached hydrogens (tertiary/aromatic N) is 2. The first-order valence-electron chi connectivity index (χ1n) is 8.23. The van der Waals surface area contributed by atoms with Gasteiger partial charge in [0.25, 0.3) is 5.91 Å². The highest BCUT2D eigenvalue weighted by Crippen LogP contribution is 2.17. The molecule has 148 valence electrons. The van der Waals surface area contributed by atoms with Crippen LogP contribution in [0.3, 0.4) is 0 Å². The maximum absolute atomic E-state index is 12.2. The van der Waals surface area contributed by atoms with Gasteiger partial charge in [-0.25, -0.2) is 0 Å². The van der Waals surface area contributed by atoms with Crippen molar-refractivity contribution in [2.75, 3.05) is 49.6 Å². The number of carbonyl (C=O) groups is 1. The fourth-order valence-electron chi connectivity index (χ4n) is 2.25. The number of rotatable bonds is 11. The van der Waals surface area contributed by atoms with Crippen molar-refractivity contribution >= 4 is 40.9 Å². The molecule has 0 aliphatic rings. The third-order valence-corrected chi connectivity index (χ3v) is 4.27. The number of aliphatic hydroxyl groups excluding tert-OH is 3. The van der Waals surface area contributed by atoms with E-state index in [1.54, 1.807) is 18.2 Å². The van der Waals surface area contributed by atoms with Crippen molar-refractivity contribution in [1.82, 2.24) is 5.32 Å². The molecule has 1 aromatic rings. The normalized spacial score (nSPS) is 11.8. The van der Waals surface area contributed by atoms with Crippen molar-refractivity contribution in [3.05, 3.63) is 35.4 Å². The lowest BCUT2D eigenvalue weighted by molar-refractivity contribution is -0.121. The molecule has 1 amide bonds. The smallest absolute Gasteiger partial charge is 0.262 e. The molecule has 7 nitrogen and oxygen atoms in total. The first-order valence-corrected chi connectivity index (χ1v) is 9.30. The Morgan fingerprint density at radius 3 is 2.04 bits per heavy atom. The van der Waals surface area contributed by atoms with Gasteiger partial charge in [-0.05, 0) is 23.8 Å². The standard InChI is InChI=1S/C18H23Cl2N3O4/c19-5-7-23(8-6-20)16-3-1-14(2-4-16)9-15(10-21)17(27)22-18(11-24,12-25)13-26/h1-4,9,24-26H,5-8,11-13H2,(H,22,27). The lowest BCUT2D eigenvalue weighted by Gasteiger charge is -2.28. The lowest BCUT2D eigenvalue weighted by atomic mass is 10.0. The number of alkyl halides is 2. The van der Waals surface area contributed by atoms with E-state index in [0.717, 1.165) is 5.69 Å². The molecule has 9 heteroatoms. The highest BCUT2D eigenvalue weighted by Gasteiger charge is 2.31. The average molecular weight is 416 g/mol. The minimum atomic E-state index is -1.60. The summed E-state index contributed by atoms with van der Waals surface area (Å²) in [4.78, 5) is 14.3. The van der Waals surface area contributed by atoms with E-state index in [2.05, 4.69) is 5.32 Å². The molecule has 27 heavy (non-hydrogen) atoms. The maximum Gasteiger partial charge on any atom is 0.262 e. The molecule has 0 fully saturated rings. The molecular weight excluding hydrogens is 393 g/mol. The zero-order valence-electron chi connectivity index (χ0n) is 14.7. The van der Waals surface area contributed by atoms with Gasteiger partial charge in [0.1, 0.15) is 17.2 Å². The zero-order chi connectivity index (χ0) is 20.3. The second-order valence-corrected chi connectivity index (χ2v) is 6.59. The molecule has 0 spiro atoms. The number of aliphatic hydroxyl groups is 3. The summed E-state index contributed by atoms with van der Waals surface area (Å²) in [5.41, 5.74) is -0.289. The Morgan fingerprint density at radius 1 is 1.11 bits per heavy atom. The summed E-state index contributed by atoms with van der Waals surface area (Å²) in [6, 6.07) is 8.93. The molecule has 0 bridgehead atoms. The van der Waals surface area contributed by atoms with Crippen LogP contribution in [0.4, 0.5) is 5.69 Å². The largest absolute Gasteiger partial charge is 0.394 e. The van der Waals surface area contributed by atoms with Crippen molar-refractivity contribution in [3.8, 4) is 6.07 Å². The summed E-state index contributed by atoms with van der Waals surface area (Å²) in [5, 5.41) is 39.4. The first-order chi connectivity index (χ1) is 13.0. The number of hydrogen-bond donors (Lipinski definition) is 4. The summed E-state index contributed by atoms with van der Waals surface area (Å²) in [5.74, 6) is 0.115. The topological polar surface area (TPSA) is 117 Å². The van der Waals surface area contributed by atoms with Gasteiger partial charge >= 0.3 is 0 Å². The number of nitriles is 1. The Labute approximate surface area is 168 Å². The van der Waals surface area contributed by atoms with Crippen LogP contribution in [-0.2, 0) is 4.79 Å². The van der Waals surface area contributed by atoms with Crippen molar-refractivity contribution in [2.24, 2.45) is 0 Å². The lowest BCUT2D eigenvalue weighted by Crippen LogP contribution is -2.57. The quantitative estimate of drug-likeness (QED) is 0.240. The number of nitrogens with one attached hydrogen (secondary N) is 1. The monoisotopic (exact) mass is 415 g/mol. The molecule has 0 aliphatic heterocycles.